The minimum Gasteiger partial charge on any atom is -0.455 e. The molecule has 0 aliphatic heterocycles. The zero-order chi connectivity index (χ0) is 11.5. The summed E-state index contributed by atoms with van der Waals surface area (Å²) in [6.07, 6.45) is 7.99. The van der Waals surface area contributed by atoms with Crippen LogP contribution in [0.1, 0.15) is 33.6 Å². The minimum absolute atomic E-state index is 0.154. The van der Waals surface area contributed by atoms with Gasteiger partial charge in [-0.2, -0.15) is 0 Å². The Kier molecular flexibility index (Phi) is 3.56. The normalized spacial score (nSPS) is 18.2. The molecule has 0 aromatic rings. The van der Waals surface area contributed by atoms with Crippen LogP contribution >= 0.6 is 0 Å². The topological polar surface area (TPSA) is 52.3 Å². The van der Waals surface area contributed by atoms with Gasteiger partial charge in [0.25, 0.3) is 0 Å². The van der Waals surface area contributed by atoms with Crippen LogP contribution in [0.15, 0.2) is 23.9 Å². The van der Waals surface area contributed by atoms with E-state index in [0.717, 1.165) is 0 Å². The summed E-state index contributed by atoms with van der Waals surface area (Å²) in [5.41, 5.74) is 5.23. The standard InChI is InChI=1S/C12H19NO2/c1-12(2,3)15-11(14)10(13)6-4-5-9-7-8-9/h4-6,9H,7-8,13H2,1-3H3. The van der Waals surface area contributed by atoms with Crippen molar-refractivity contribution in [1.82, 2.24) is 0 Å². The van der Waals surface area contributed by atoms with Crippen LogP contribution in [0.25, 0.3) is 0 Å². The Labute approximate surface area is 91.0 Å². The van der Waals surface area contributed by atoms with E-state index in [1.165, 1.54) is 12.8 Å². The van der Waals surface area contributed by atoms with E-state index in [1.807, 2.05) is 26.8 Å². The minimum atomic E-state index is -0.490. The van der Waals surface area contributed by atoms with Gasteiger partial charge in [-0.05, 0) is 45.6 Å². The van der Waals surface area contributed by atoms with E-state index in [0.29, 0.717) is 5.92 Å². The molecule has 1 aliphatic carbocycles. The zero-order valence-electron chi connectivity index (χ0n) is 9.62. The first-order chi connectivity index (χ1) is 6.88. The fourth-order valence-electron chi connectivity index (χ4n) is 1.01. The molecule has 3 heteroatoms. The van der Waals surface area contributed by atoms with Crippen molar-refractivity contribution in [1.29, 1.82) is 0 Å². The molecule has 0 radical (unpaired) electrons. The van der Waals surface area contributed by atoms with Crippen LogP contribution in [0.5, 0.6) is 0 Å². The molecule has 0 aromatic carbocycles. The summed E-state index contributed by atoms with van der Waals surface area (Å²) < 4.78 is 5.11. The number of rotatable bonds is 3. The molecule has 1 fully saturated rings. The van der Waals surface area contributed by atoms with Crippen molar-refractivity contribution in [3.05, 3.63) is 23.9 Å². The Hall–Kier alpha value is -1.25. The number of nitrogens with two attached hydrogens (primary N) is 1. The highest BCUT2D eigenvalue weighted by Gasteiger charge is 2.18. The lowest BCUT2D eigenvalue weighted by Gasteiger charge is -2.19. The van der Waals surface area contributed by atoms with E-state index in [-0.39, 0.29) is 5.70 Å². The van der Waals surface area contributed by atoms with E-state index in [9.17, 15) is 4.79 Å². The monoisotopic (exact) mass is 209 g/mol. The van der Waals surface area contributed by atoms with Crippen molar-refractivity contribution in [3.8, 4) is 0 Å². The van der Waals surface area contributed by atoms with Crippen LogP contribution in [0.4, 0.5) is 0 Å². The second-order valence-electron chi connectivity index (χ2n) is 4.85. The molecular formula is C12H19NO2. The first-order valence-corrected chi connectivity index (χ1v) is 5.26. The average molecular weight is 209 g/mol. The van der Waals surface area contributed by atoms with Crippen molar-refractivity contribution < 1.29 is 9.53 Å². The molecule has 1 aliphatic rings. The summed E-state index contributed by atoms with van der Waals surface area (Å²) in [4.78, 5) is 11.4. The van der Waals surface area contributed by atoms with Crippen molar-refractivity contribution in [2.24, 2.45) is 11.7 Å². The summed E-state index contributed by atoms with van der Waals surface area (Å²) in [7, 11) is 0. The van der Waals surface area contributed by atoms with Gasteiger partial charge in [0.05, 0.1) is 0 Å². The van der Waals surface area contributed by atoms with Crippen LogP contribution in [-0.4, -0.2) is 11.6 Å². The number of allylic oxidation sites excluding steroid dienone is 3. The molecular weight excluding hydrogens is 190 g/mol. The largest absolute Gasteiger partial charge is 0.455 e. The maximum absolute atomic E-state index is 11.4. The van der Waals surface area contributed by atoms with Crippen molar-refractivity contribution in [2.75, 3.05) is 0 Å². The Morgan fingerprint density at radius 1 is 1.40 bits per heavy atom. The number of hydrogen-bond acceptors (Lipinski definition) is 3. The Balaban J connectivity index is 2.43. The Bertz CT molecular complexity index is 293. The van der Waals surface area contributed by atoms with E-state index >= 15 is 0 Å². The summed E-state index contributed by atoms with van der Waals surface area (Å²) in [6, 6.07) is 0. The lowest BCUT2D eigenvalue weighted by molar-refractivity contribution is -0.149. The lowest BCUT2D eigenvalue weighted by Crippen LogP contribution is -2.27. The van der Waals surface area contributed by atoms with E-state index in [2.05, 4.69) is 6.08 Å². The van der Waals surface area contributed by atoms with Crippen LogP contribution in [0.2, 0.25) is 0 Å². The molecule has 0 amide bonds. The molecule has 0 bridgehead atoms. The lowest BCUT2D eigenvalue weighted by atomic mass is 10.2. The van der Waals surface area contributed by atoms with Crippen molar-refractivity contribution in [2.45, 2.75) is 39.2 Å². The van der Waals surface area contributed by atoms with E-state index < -0.39 is 11.6 Å². The van der Waals surface area contributed by atoms with Gasteiger partial charge in [-0.3, -0.25) is 0 Å². The van der Waals surface area contributed by atoms with Crippen LogP contribution in [0.3, 0.4) is 0 Å². The SMILES string of the molecule is CC(C)(C)OC(=O)C(N)=CC=CC1CC1. The molecule has 15 heavy (non-hydrogen) atoms. The summed E-state index contributed by atoms with van der Waals surface area (Å²) >= 11 is 0. The predicted molar refractivity (Wildman–Crippen MR) is 60.0 cm³/mol. The first kappa shape index (κ1) is 11.8. The smallest absolute Gasteiger partial charge is 0.354 e. The highest BCUT2D eigenvalue weighted by atomic mass is 16.6. The summed E-state index contributed by atoms with van der Waals surface area (Å²) in [6.45, 7) is 5.45. The number of carbonyl (C=O) groups is 1. The third-order valence-corrected chi connectivity index (χ3v) is 1.92. The van der Waals surface area contributed by atoms with Gasteiger partial charge in [0.15, 0.2) is 0 Å². The van der Waals surface area contributed by atoms with E-state index in [1.54, 1.807) is 6.08 Å². The van der Waals surface area contributed by atoms with Gasteiger partial charge in [-0.25, -0.2) is 4.79 Å². The number of carbonyl (C=O) groups excluding carboxylic acids is 1. The quantitative estimate of drug-likeness (QED) is 0.440. The predicted octanol–water partition coefficient (Wildman–Crippen LogP) is 2.14. The third-order valence-electron chi connectivity index (χ3n) is 1.92. The maximum Gasteiger partial charge on any atom is 0.354 e. The van der Waals surface area contributed by atoms with Gasteiger partial charge < -0.3 is 10.5 Å². The van der Waals surface area contributed by atoms with Crippen LogP contribution < -0.4 is 5.73 Å². The van der Waals surface area contributed by atoms with Gasteiger partial charge in [0, 0.05) is 0 Å². The van der Waals surface area contributed by atoms with Crippen molar-refractivity contribution in [3.63, 3.8) is 0 Å². The number of esters is 1. The molecule has 1 saturated carbocycles. The molecule has 3 nitrogen and oxygen atoms in total. The molecule has 1 rings (SSSR count). The second-order valence-corrected chi connectivity index (χ2v) is 4.85. The fourth-order valence-corrected chi connectivity index (χ4v) is 1.01. The van der Waals surface area contributed by atoms with Gasteiger partial charge in [0.1, 0.15) is 11.3 Å². The van der Waals surface area contributed by atoms with Gasteiger partial charge >= 0.3 is 5.97 Å². The highest BCUT2D eigenvalue weighted by Crippen LogP contribution is 2.29. The Morgan fingerprint density at radius 2 is 2.00 bits per heavy atom. The summed E-state index contributed by atoms with van der Waals surface area (Å²) in [5.74, 6) is 0.232. The molecule has 0 atom stereocenters. The zero-order valence-corrected chi connectivity index (χ0v) is 9.62. The molecule has 84 valence electrons. The third kappa shape index (κ3) is 5.25. The first-order valence-electron chi connectivity index (χ1n) is 5.26. The van der Waals surface area contributed by atoms with E-state index in [4.69, 9.17) is 10.5 Å². The average Bonchev–Trinajstić information content (AvgIpc) is 2.84. The number of ether oxygens (including phenoxy) is 1. The van der Waals surface area contributed by atoms with Gasteiger partial charge in [-0.15, -0.1) is 0 Å². The van der Waals surface area contributed by atoms with Gasteiger partial charge in [-0.1, -0.05) is 12.2 Å². The van der Waals surface area contributed by atoms with Crippen molar-refractivity contribution >= 4 is 5.97 Å². The number of hydrogen-bond donors (Lipinski definition) is 1. The Morgan fingerprint density at radius 3 is 2.47 bits per heavy atom. The maximum atomic E-state index is 11.4. The summed E-state index contributed by atoms with van der Waals surface area (Å²) in [5, 5.41) is 0. The molecule has 0 aromatic heterocycles. The van der Waals surface area contributed by atoms with Gasteiger partial charge in [0.2, 0.25) is 0 Å². The second kappa shape index (κ2) is 4.51. The molecule has 0 saturated heterocycles. The molecule has 0 heterocycles. The highest BCUT2D eigenvalue weighted by molar-refractivity contribution is 5.87. The van der Waals surface area contributed by atoms with Crippen LogP contribution in [0, 0.1) is 5.92 Å². The fraction of sp³-hybridized carbons (Fsp3) is 0.583. The molecule has 0 spiro atoms. The molecule has 0 unspecified atom stereocenters. The van der Waals surface area contributed by atoms with Crippen LogP contribution in [-0.2, 0) is 9.53 Å². The molecule has 2 N–H and O–H groups in total.